The van der Waals surface area contributed by atoms with Crippen LogP contribution in [0.5, 0.6) is 0 Å². The van der Waals surface area contributed by atoms with Crippen molar-refractivity contribution in [2.24, 2.45) is 5.41 Å². The largest absolute Gasteiger partial charge is 0.248 e. The number of nitrogens with zero attached hydrogens (tertiary/aromatic N) is 1. The average molecular weight is 293 g/mol. The summed E-state index contributed by atoms with van der Waals surface area (Å²) in [6.07, 6.45) is 4.45. The Balaban J connectivity index is 1.95. The lowest BCUT2D eigenvalue weighted by molar-refractivity contribution is 0.686. The highest BCUT2D eigenvalue weighted by atomic mass is 79.9. The molecule has 0 aliphatic heterocycles. The van der Waals surface area contributed by atoms with Crippen LogP contribution in [0.2, 0.25) is 5.02 Å². The zero-order chi connectivity index (χ0) is 10.0. The van der Waals surface area contributed by atoms with E-state index in [1.807, 2.05) is 12.1 Å². The predicted octanol–water partition coefficient (Wildman–Crippen LogP) is 4.00. The van der Waals surface area contributed by atoms with Gasteiger partial charge < -0.3 is 0 Å². The number of hydrogen-bond acceptors (Lipinski definition) is 2. The molecule has 0 amide bonds. The molecule has 0 spiro atoms. The lowest BCUT2D eigenvalue weighted by Gasteiger charge is -2.10. The Labute approximate surface area is 102 Å². The molecule has 0 radical (unpaired) electrons. The molecule has 1 aliphatic carbocycles. The van der Waals surface area contributed by atoms with Crippen LogP contribution in [0, 0.1) is 5.41 Å². The molecule has 0 atom stereocenters. The Bertz CT molecular complexity index is 328. The first-order valence-electron chi connectivity index (χ1n) is 4.55. The summed E-state index contributed by atoms with van der Waals surface area (Å²) in [4.78, 5) is 4.26. The third-order valence-corrected chi connectivity index (χ3v) is 5.44. The van der Waals surface area contributed by atoms with Crippen LogP contribution < -0.4 is 0 Å². The van der Waals surface area contributed by atoms with Crippen LogP contribution in [-0.2, 0) is 0 Å². The van der Waals surface area contributed by atoms with Gasteiger partial charge in [0.25, 0.3) is 0 Å². The minimum atomic E-state index is 0.519. The third kappa shape index (κ3) is 2.44. The van der Waals surface area contributed by atoms with Gasteiger partial charge in [-0.3, -0.25) is 0 Å². The van der Waals surface area contributed by atoms with Crippen molar-refractivity contribution in [3.63, 3.8) is 0 Å². The molecule has 1 aliphatic rings. The number of hydrogen-bond donors (Lipinski definition) is 0. The van der Waals surface area contributed by atoms with Crippen molar-refractivity contribution in [2.75, 3.05) is 11.1 Å². The normalized spacial score (nSPS) is 18.1. The maximum atomic E-state index is 6.02. The molecule has 4 heteroatoms. The molecular formula is C10H11BrClNS. The van der Waals surface area contributed by atoms with Crippen LogP contribution in [0.4, 0.5) is 0 Å². The van der Waals surface area contributed by atoms with E-state index in [0.29, 0.717) is 5.41 Å². The van der Waals surface area contributed by atoms with E-state index in [-0.39, 0.29) is 0 Å². The number of rotatable bonds is 4. The lowest BCUT2D eigenvalue weighted by atomic mass is 10.2. The fraction of sp³-hybridized carbons (Fsp3) is 0.500. The quantitative estimate of drug-likeness (QED) is 0.614. The van der Waals surface area contributed by atoms with Gasteiger partial charge in [-0.15, -0.1) is 11.8 Å². The molecule has 1 fully saturated rings. The van der Waals surface area contributed by atoms with Gasteiger partial charge in [0, 0.05) is 17.3 Å². The number of aromatic nitrogens is 1. The van der Waals surface area contributed by atoms with E-state index in [1.165, 1.54) is 12.8 Å². The Morgan fingerprint density at radius 1 is 1.57 bits per heavy atom. The molecule has 14 heavy (non-hydrogen) atoms. The summed E-state index contributed by atoms with van der Waals surface area (Å²) < 4.78 is 0. The molecule has 0 aromatic carbocycles. The fourth-order valence-corrected chi connectivity index (χ4v) is 3.67. The van der Waals surface area contributed by atoms with Gasteiger partial charge in [0.15, 0.2) is 0 Å². The highest BCUT2D eigenvalue weighted by molar-refractivity contribution is 9.09. The van der Waals surface area contributed by atoms with E-state index < -0.39 is 0 Å². The molecular weight excluding hydrogens is 282 g/mol. The molecule has 1 aromatic heterocycles. The van der Waals surface area contributed by atoms with Crippen molar-refractivity contribution in [3.05, 3.63) is 23.4 Å². The second kappa shape index (κ2) is 4.42. The van der Waals surface area contributed by atoms with Crippen molar-refractivity contribution in [1.82, 2.24) is 4.98 Å². The van der Waals surface area contributed by atoms with Crippen molar-refractivity contribution >= 4 is 39.3 Å². The van der Waals surface area contributed by atoms with Gasteiger partial charge in [0.2, 0.25) is 0 Å². The molecule has 0 N–H and O–H groups in total. The van der Waals surface area contributed by atoms with Gasteiger partial charge in [0.1, 0.15) is 5.03 Å². The van der Waals surface area contributed by atoms with Crippen LogP contribution in [0.25, 0.3) is 0 Å². The number of halogens is 2. The van der Waals surface area contributed by atoms with Gasteiger partial charge in [-0.25, -0.2) is 4.98 Å². The molecule has 0 bridgehead atoms. The number of thioether (sulfide) groups is 1. The Morgan fingerprint density at radius 3 is 2.93 bits per heavy atom. The zero-order valence-electron chi connectivity index (χ0n) is 7.67. The SMILES string of the molecule is Clc1cccnc1SCC1(CBr)CC1. The Kier molecular flexibility index (Phi) is 3.40. The summed E-state index contributed by atoms with van der Waals surface area (Å²) in [5.41, 5.74) is 0.519. The van der Waals surface area contributed by atoms with Gasteiger partial charge in [-0.05, 0) is 30.4 Å². The molecule has 1 saturated carbocycles. The number of alkyl halides is 1. The fourth-order valence-electron chi connectivity index (χ4n) is 1.19. The summed E-state index contributed by atoms with van der Waals surface area (Å²) in [7, 11) is 0. The Morgan fingerprint density at radius 2 is 2.36 bits per heavy atom. The lowest BCUT2D eigenvalue weighted by Crippen LogP contribution is -2.05. The van der Waals surface area contributed by atoms with Crippen molar-refractivity contribution < 1.29 is 0 Å². The molecule has 1 aromatic rings. The maximum Gasteiger partial charge on any atom is 0.115 e. The molecule has 76 valence electrons. The molecule has 0 unspecified atom stereocenters. The van der Waals surface area contributed by atoms with Crippen LogP contribution in [0.15, 0.2) is 23.4 Å². The molecule has 1 heterocycles. The van der Waals surface area contributed by atoms with Gasteiger partial charge in [-0.2, -0.15) is 0 Å². The first-order chi connectivity index (χ1) is 6.76. The second-order valence-electron chi connectivity index (χ2n) is 3.71. The molecule has 0 saturated heterocycles. The van der Waals surface area contributed by atoms with E-state index in [2.05, 4.69) is 20.9 Å². The first-order valence-corrected chi connectivity index (χ1v) is 7.04. The summed E-state index contributed by atoms with van der Waals surface area (Å²) >= 11 is 11.3. The van der Waals surface area contributed by atoms with Crippen molar-refractivity contribution in [1.29, 1.82) is 0 Å². The summed E-state index contributed by atoms with van der Waals surface area (Å²) in [6, 6.07) is 3.76. The van der Waals surface area contributed by atoms with Gasteiger partial charge in [0.05, 0.1) is 5.02 Å². The van der Waals surface area contributed by atoms with E-state index in [4.69, 9.17) is 11.6 Å². The first kappa shape index (κ1) is 10.8. The minimum Gasteiger partial charge on any atom is -0.248 e. The summed E-state index contributed by atoms with van der Waals surface area (Å²) in [5, 5.41) is 2.82. The van der Waals surface area contributed by atoms with E-state index in [9.17, 15) is 0 Å². The van der Waals surface area contributed by atoms with Crippen LogP contribution >= 0.6 is 39.3 Å². The second-order valence-corrected chi connectivity index (χ2v) is 5.64. The van der Waals surface area contributed by atoms with Crippen LogP contribution in [-0.4, -0.2) is 16.1 Å². The van der Waals surface area contributed by atoms with E-state index >= 15 is 0 Å². The van der Waals surface area contributed by atoms with Crippen LogP contribution in [0.3, 0.4) is 0 Å². The summed E-state index contributed by atoms with van der Waals surface area (Å²) in [6.45, 7) is 0. The van der Waals surface area contributed by atoms with E-state index in [1.54, 1.807) is 18.0 Å². The average Bonchev–Trinajstić information content (AvgIpc) is 2.98. The van der Waals surface area contributed by atoms with Crippen molar-refractivity contribution in [3.8, 4) is 0 Å². The molecule has 1 nitrogen and oxygen atoms in total. The molecule has 2 rings (SSSR count). The monoisotopic (exact) mass is 291 g/mol. The van der Waals surface area contributed by atoms with Gasteiger partial charge in [-0.1, -0.05) is 27.5 Å². The number of pyridine rings is 1. The van der Waals surface area contributed by atoms with E-state index in [0.717, 1.165) is 21.1 Å². The predicted molar refractivity (Wildman–Crippen MR) is 65.4 cm³/mol. The highest BCUT2D eigenvalue weighted by Gasteiger charge is 2.41. The zero-order valence-corrected chi connectivity index (χ0v) is 10.8. The van der Waals surface area contributed by atoms with Gasteiger partial charge >= 0.3 is 0 Å². The van der Waals surface area contributed by atoms with Crippen molar-refractivity contribution in [2.45, 2.75) is 17.9 Å². The maximum absolute atomic E-state index is 6.02. The summed E-state index contributed by atoms with van der Waals surface area (Å²) in [5.74, 6) is 1.12. The standard InChI is InChI=1S/C10H11BrClNS/c11-6-10(3-4-10)7-14-9-8(12)2-1-5-13-9/h1-2,5H,3-4,6-7H2. The highest BCUT2D eigenvalue weighted by Crippen LogP contribution is 2.50. The van der Waals surface area contributed by atoms with Crippen LogP contribution in [0.1, 0.15) is 12.8 Å². The minimum absolute atomic E-state index is 0.519. The Hall–Kier alpha value is 0.270. The topological polar surface area (TPSA) is 12.9 Å². The smallest absolute Gasteiger partial charge is 0.115 e. The third-order valence-electron chi connectivity index (χ3n) is 2.48.